The number of hydrogen-bond donors (Lipinski definition) is 3. The van der Waals surface area contributed by atoms with Gasteiger partial charge in [-0.25, -0.2) is 4.98 Å². The molecule has 0 aliphatic rings. The lowest BCUT2D eigenvalue weighted by molar-refractivity contribution is 0.0954. The van der Waals surface area contributed by atoms with Crippen LogP contribution in [-0.2, 0) is 6.42 Å². The van der Waals surface area contributed by atoms with Crippen molar-refractivity contribution in [1.82, 2.24) is 10.3 Å². The molecule has 0 bridgehead atoms. The van der Waals surface area contributed by atoms with E-state index in [1.165, 1.54) is 0 Å². The molecule has 116 valence electrons. The highest BCUT2D eigenvalue weighted by Gasteiger charge is 2.12. The molecular formula is C17H22N4O. The summed E-state index contributed by atoms with van der Waals surface area (Å²) < 4.78 is 0. The Morgan fingerprint density at radius 3 is 2.64 bits per heavy atom. The maximum Gasteiger partial charge on any atom is 0.255 e. The average molecular weight is 298 g/mol. The molecule has 5 nitrogen and oxygen atoms in total. The molecule has 1 aromatic carbocycles. The summed E-state index contributed by atoms with van der Waals surface area (Å²) in [6.07, 6.45) is 2.44. The van der Waals surface area contributed by atoms with Crippen LogP contribution in [-0.4, -0.2) is 23.5 Å². The van der Waals surface area contributed by atoms with E-state index in [2.05, 4.69) is 15.6 Å². The first kappa shape index (κ1) is 15.8. The topological polar surface area (TPSA) is 80.0 Å². The van der Waals surface area contributed by atoms with E-state index in [9.17, 15) is 4.79 Å². The molecule has 1 aromatic heterocycles. The Kier molecular flexibility index (Phi) is 5.36. The van der Waals surface area contributed by atoms with Gasteiger partial charge < -0.3 is 16.4 Å². The molecule has 0 radical (unpaired) electrons. The van der Waals surface area contributed by atoms with Crippen LogP contribution in [0.4, 0.5) is 11.5 Å². The van der Waals surface area contributed by atoms with E-state index in [-0.39, 0.29) is 11.9 Å². The first-order chi connectivity index (χ1) is 10.6. The van der Waals surface area contributed by atoms with Crippen molar-refractivity contribution in [3.63, 3.8) is 0 Å². The summed E-state index contributed by atoms with van der Waals surface area (Å²) in [6.45, 7) is 4.59. The number of hydrogen-bond acceptors (Lipinski definition) is 4. The lowest BCUT2D eigenvalue weighted by Gasteiger charge is -2.13. The minimum Gasteiger partial charge on any atom is -0.399 e. The van der Waals surface area contributed by atoms with Crippen LogP contribution < -0.4 is 16.4 Å². The van der Waals surface area contributed by atoms with Crippen molar-refractivity contribution in [1.29, 1.82) is 0 Å². The molecule has 0 saturated carbocycles. The number of anilines is 2. The van der Waals surface area contributed by atoms with E-state index in [1.54, 1.807) is 18.3 Å². The standard InChI is InChI=1S/C17H22N4O/c1-12(2)21-16-15(4-3-10-19-16)17(22)20-11-9-13-5-7-14(18)8-6-13/h3-8,10,12H,9,11,18H2,1-2H3,(H,19,21)(H,20,22). The maximum absolute atomic E-state index is 12.3. The molecule has 0 fully saturated rings. The molecule has 1 heterocycles. The van der Waals surface area contributed by atoms with Gasteiger partial charge in [-0.3, -0.25) is 4.79 Å². The zero-order chi connectivity index (χ0) is 15.9. The molecule has 5 heteroatoms. The number of nitrogen functional groups attached to an aromatic ring is 1. The fourth-order valence-electron chi connectivity index (χ4n) is 2.08. The Labute approximate surface area is 130 Å². The van der Waals surface area contributed by atoms with E-state index >= 15 is 0 Å². The van der Waals surface area contributed by atoms with Crippen LogP contribution in [0.3, 0.4) is 0 Å². The molecular weight excluding hydrogens is 276 g/mol. The van der Waals surface area contributed by atoms with Crippen molar-refractivity contribution < 1.29 is 4.79 Å². The van der Waals surface area contributed by atoms with Gasteiger partial charge in [0, 0.05) is 24.5 Å². The van der Waals surface area contributed by atoms with Gasteiger partial charge in [0.1, 0.15) is 5.82 Å². The van der Waals surface area contributed by atoms with Gasteiger partial charge in [0.2, 0.25) is 0 Å². The number of carbonyl (C=O) groups is 1. The summed E-state index contributed by atoms with van der Waals surface area (Å²) in [7, 11) is 0. The fraction of sp³-hybridized carbons (Fsp3) is 0.294. The number of carbonyl (C=O) groups excluding carboxylic acids is 1. The number of nitrogens with zero attached hydrogens (tertiary/aromatic N) is 1. The van der Waals surface area contributed by atoms with Gasteiger partial charge >= 0.3 is 0 Å². The molecule has 0 spiro atoms. The van der Waals surface area contributed by atoms with Crippen LogP contribution >= 0.6 is 0 Å². The van der Waals surface area contributed by atoms with Crippen molar-refractivity contribution in [2.24, 2.45) is 0 Å². The normalized spacial score (nSPS) is 10.5. The van der Waals surface area contributed by atoms with Crippen LogP contribution in [0, 0.1) is 0 Å². The van der Waals surface area contributed by atoms with Crippen LogP contribution in [0.2, 0.25) is 0 Å². The Morgan fingerprint density at radius 2 is 1.95 bits per heavy atom. The lowest BCUT2D eigenvalue weighted by atomic mass is 10.1. The zero-order valence-corrected chi connectivity index (χ0v) is 13.0. The van der Waals surface area contributed by atoms with Crippen molar-refractivity contribution in [3.8, 4) is 0 Å². The summed E-state index contributed by atoms with van der Waals surface area (Å²) in [5.74, 6) is 0.495. The van der Waals surface area contributed by atoms with E-state index in [0.29, 0.717) is 17.9 Å². The first-order valence-electron chi connectivity index (χ1n) is 7.40. The van der Waals surface area contributed by atoms with E-state index in [0.717, 1.165) is 17.7 Å². The van der Waals surface area contributed by atoms with Gasteiger partial charge in [0.05, 0.1) is 5.56 Å². The first-order valence-corrected chi connectivity index (χ1v) is 7.40. The van der Waals surface area contributed by atoms with Crippen molar-refractivity contribution >= 4 is 17.4 Å². The number of aromatic nitrogens is 1. The maximum atomic E-state index is 12.3. The van der Waals surface area contributed by atoms with Gasteiger partial charge in [-0.15, -0.1) is 0 Å². The monoisotopic (exact) mass is 298 g/mol. The van der Waals surface area contributed by atoms with E-state index in [1.807, 2.05) is 38.1 Å². The van der Waals surface area contributed by atoms with Gasteiger partial charge in [0.25, 0.3) is 5.91 Å². The van der Waals surface area contributed by atoms with Gasteiger partial charge in [-0.1, -0.05) is 12.1 Å². The van der Waals surface area contributed by atoms with Gasteiger partial charge in [-0.2, -0.15) is 0 Å². The highest BCUT2D eigenvalue weighted by Crippen LogP contribution is 2.12. The van der Waals surface area contributed by atoms with E-state index in [4.69, 9.17) is 5.73 Å². The quantitative estimate of drug-likeness (QED) is 0.716. The summed E-state index contributed by atoms with van der Waals surface area (Å²) >= 11 is 0. The van der Waals surface area contributed by atoms with Crippen LogP contribution in [0.5, 0.6) is 0 Å². The number of rotatable bonds is 6. The number of benzene rings is 1. The van der Waals surface area contributed by atoms with Crippen molar-refractivity contribution in [2.75, 3.05) is 17.6 Å². The number of pyridine rings is 1. The Morgan fingerprint density at radius 1 is 1.23 bits per heavy atom. The van der Waals surface area contributed by atoms with Gasteiger partial charge in [0.15, 0.2) is 0 Å². The smallest absolute Gasteiger partial charge is 0.255 e. The predicted molar refractivity (Wildman–Crippen MR) is 89.9 cm³/mol. The molecule has 4 N–H and O–H groups in total. The number of amides is 1. The zero-order valence-electron chi connectivity index (χ0n) is 13.0. The minimum atomic E-state index is -0.119. The molecule has 22 heavy (non-hydrogen) atoms. The second kappa shape index (κ2) is 7.45. The third kappa shape index (κ3) is 4.48. The summed E-state index contributed by atoms with van der Waals surface area (Å²) in [6, 6.07) is 11.4. The van der Waals surface area contributed by atoms with Crippen LogP contribution in [0.25, 0.3) is 0 Å². The number of nitrogens with one attached hydrogen (secondary N) is 2. The number of nitrogens with two attached hydrogens (primary N) is 1. The van der Waals surface area contributed by atoms with Crippen LogP contribution in [0.15, 0.2) is 42.6 Å². The molecule has 0 aliphatic heterocycles. The third-order valence-corrected chi connectivity index (χ3v) is 3.16. The second-order valence-electron chi connectivity index (χ2n) is 5.45. The Balaban J connectivity index is 1.93. The Bertz CT molecular complexity index is 623. The van der Waals surface area contributed by atoms with Crippen molar-refractivity contribution in [2.45, 2.75) is 26.3 Å². The third-order valence-electron chi connectivity index (χ3n) is 3.16. The summed E-state index contributed by atoms with van der Waals surface area (Å²) in [5, 5.41) is 6.11. The molecule has 1 amide bonds. The molecule has 0 aliphatic carbocycles. The average Bonchev–Trinajstić information content (AvgIpc) is 2.49. The summed E-state index contributed by atoms with van der Waals surface area (Å²) in [4.78, 5) is 16.5. The second-order valence-corrected chi connectivity index (χ2v) is 5.45. The molecule has 2 rings (SSSR count). The lowest BCUT2D eigenvalue weighted by Crippen LogP contribution is -2.27. The molecule has 0 saturated heterocycles. The fourth-order valence-corrected chi connectivity index (χ4v) is 2.08. The summed E-state index contributed by atoms with van der Waals surface area (Å²) in [5.41, 5.74) is 8.10. The van der Waals surface area contributed by atoms with Gasteiger partial charge in [-0.05, 0) is 50.1 Å². The van der Waals surface area contributed by atoms with Crippen LogP contribution in [0.1, 0.15) is 29.8 Å². The molecule has 2 aromatic rings. The highest BCUT2D eigenvalue weighted by atomic mass is 16.1. The minimum absolute atomic E-state index is 0.119. The largest absolute Gasteiger partial charge is 0.399 e. The highest BCUT2D eigenvalue weighted by molar-refractivity contribution is 5.98. The Hall–Kier alpha value is -2.56. The predicted octanol–water partition coefficient (Wildman–Crippen LogP) is 2.46. The molecule has 0 atom stereocenters. The van der Waals surface area contributed by atoms with E-state index < -0.39 is 0 Å². The SMILES string of the molecule is CC(C)Nc1ncccc1C(=O)NCCc1ccc(N)cc1. The van der Waals surface area contributed by atoms with Crippen molar-refractivity contribution in [3.05, 3.63) is 53.7 Å². The molecule has 0 unspecified atom stereocenters.